The van der Waals surface area contributed by atoms with Crippen LogP contribution in [0, 0.1) is 0 Å². The summed E-state index contributed by atoms with van der Waals surface area (Å²) in [5.74, 6) is -0.641. The first-order chi connectivity index (χ1) is 9.58. The second-order valence-electron chi connectivity index (χ2n) is 4.24. The number of nitrogens with zero attached hydrogens (tertiary/aromatic N) is 2. The fourth-order valence-corrected chi connectivity index (χ4v) is 1.89. The van der Waals surface area contributed by atoms with Gasteiger partial charge in [-0.3, -0.25) is 4.79 Å². The molecule has 0 unspecified atom stereocenters. The maximum Gasteiger partial charge on any atom is 0.312 e. The predicted molar refractivity (Wildman–Crippen MR) is 72.7 cm³/mol. The average molecular weight is 273 g/mol. The summed E-state index contributed by atoms with van der Waals surface area (Å²) in [4.78, 5) is 26.1. The summed E-state index contributed by atoms with van der Waals surface area (Å²) in [7, 11) is 0. The number of aromatic nitrogens is 2. The van der Waals surface area contributed by atoms with E-state index in [9.17, 15) is 9.59 Å². The first-order valence-electron chi connectivity index (χ1n) is 5.99. The zero-order valence-corrected chi connectivity index (χ0v) is 10.7. The van der Waals surface area contributed by atoms with Crippen molar-refractivity contribution in [2.24, 2.45) is 11.5 Å². The van der Waals surface area contributed by atoms with Crippen LogP contribution in [0.4, 0.5) is 4.79 Å². The molecule has 0 aliphatic rings. The molecule has 0 saturated heterocycles. The Morgan fingerprint density at radius 2 is 1.90 bits per heavy atom. The van der Waals surface area contributed by atoms with Crippen LogP contribution in [0.3, 0.4) is 0 Å². The lowest BCUT2D eigenvalue weighted by Crippen LogP contribution is -2.30. The van der Waals surface area contributed by atoms with Crippen LogP contribution in [0.2, 0.25) is 0 Å². The van der Waals surface area contributed by atoms with Crippen molar-refractivity contribution in [2.45, 2.75) is 13.1 Å². The summed E-state index contributed by atoms with van der Waals surface area (Å²) in [6, 6.07) is 8.99. The Morgan fingerprint density at radius 1 is 1.20 bits per heavy atom. The molecule has 104 valence electrons. The Labute approximate surface area is 115 Å². The summed E-state index contributed by atoms with van der Waals surface area (Å²) in [5, 5.41) is 2.44. The van der Waals surface area contributed by atoms with Gasteiger partial charge in [-0.1, -0.05) is 30.3 Å². The zero-order valence-electron chi connectivity index (χ0n) is 10.7. The van der Waals surface area contributed by atoms with Crippen LogP contribution in [-0.4, -0.2) is 21.5 Å². The quantitative estimate of drug-likeness (QED) is 0.722. The minimum atomic E-state index is -0.673. The molecule has 1 heterocycles. The van der Waals surface area contributed by atoms with Crippen LogP contribution >= 0.6 is 0 Å². The fraction of sp³-hybridized carbons (Fsp3) is 0.154. The van der Waals surface area contributed by atoms with Gasteiger partial charge < -0.3 is 21.4 Å². The van der Waals surface area contributed by atoms with Crippen molar-refractivity contribution in [3.63, 3.8) is 0 Å². The number of imidazole rings is 1. The smallest absolute Gasteiger partial charge is 0.312 e. The predicted octanol–water partition coefficient (Wildman–Crippen LogP) is 0.199. The molecule has 0 saturated carbocycles. The third-order valence-electron chi connectivity index (χ3n) is 2.81. The van der Waals surface area contributed by atoms with E-state index in [1.165, 1.54) is 6.33 Å². The number of benzene rings is 1. The molecule has 1 aromatic carbocycles. The lowest BCUT2D eigenvalue weighted by Gasteiger charge is -2.09. The second-order valence-corrected chi connectivity index (χ2v) is 4.24. The normalized spacial score (nSPS) is 10.2. The van der Waals surface area contributed by atoms with Gasteiger partial charge in [0.1, 0.15) is 0 Å². The first kappa shape index (κ1) is 13.6. The lowest BCUT2D eigenvalue weighted by molar-refractivity contribution is 0.0994. The monoisotopic (exact) mass is 273 g/mol. The molecule has 1 aromatic heterocycles. The number of carbonyl (C=O) groups is 2. The van der Waals surface area contributed by atoms with E-state index in [2.05, 4.69) is 10.3 Å². The molecule has 7 nitrogen and oxygen atoms in total. The van der Waals surface area contributed by atoms with Crippen LogP contribution < -0.4 is 16.8 Å². The highest BCUT2D eigenvalue weighted by molar-refractivity contribution is 5.92. The Morgan fingerprint density at radius 3 is 2.50 bits per heavy atom. The molecule has 0 bridgehead atoms. The first-order valence-corrected chi connectivity index (χ1v) is 5.99. The van der Waals surface area contributed by atoms with Gasteiger partial charge in [0.2, 0.25) is 0 Å². The van der Waals surface area contributed by atoms with Gasteiger partial charge in [0.05, 0.1) is 18.6 Å². The Balaban J connectivity index is 2.27. The van der Waals surface area contributed by atoms with Gasteiger partial charge in [-0.2, -0.15) is 0 Å². The molecule has 20 heavy (non-hydrogen) atoms. The van der Waals surface area contributed by atoms with Gasteiger partial charge in [-0.15, -0.1) is 0 Å². The minimum Gasteiger partial charge on any atom is -0.364 e. The topological polar surface area (TPSA) is 116 Å². The third kappa shape index (κ3) is 3.14. The van der Waals surface area contributed by atoms with Gasteiger partial charge >= 0.3 is 6.03 Å². The summed E-state index contributed by atoms with van der Waals surface area (Å²) < 4.78 is 1.76. The van der Waals surface area contributed by atoms with Gasteiger partial charge in [0.15, 0.2) is 5.69 Å². The van der Waals surface area contributed by atoms with Crippen molar-refractivity contribution >= 4 is 11.9 Å². The van der Waals surface area contributed by atoms with Crippen LogP contribution in [0.5, 0.6) is 0 Å². The van der Waals surface area contributed by atoms with Crippen LogP contribution in [-0.2, 0) is 13.1 Å². The summed E-state index contributed by atoms with van der Waals surface area (Å²) >= 11 is 0. The average Bonchev–Trinajstić information content (AvgIpc) is 2.80. The standard InChI is InChI=1S/C13H15N5O2/c14-12(19)11-10(6-16-13(15)20)18(8-17-11)7-9-4-2-1-3-5-9/h1-5,8H,6-7H2,(H2,14,19)(H3,15,16,20). The molecule has 0 atom stereocenters. The van der Waals surface area contributed by atoms with E-state index < -0.39 is 11.9 Å². The largest absolute Gasteiger partial charge is 0.364 e. The number of hydrogen-bond acceptors (Lipinski definition) is 3. The van der Waals surface area contributed by atoms with Gasteiger partial charge in [0.25, 0.3) is 5.91 Å². The van der Waals surface area contributed by atoms with Crippen molar-refractivity contribution in [1.82, 2.24) is 14.9 Å². The molecule has 5 N–H and O–H groups in total. The minimum absolute atomic E-state index is 0.0977. The summed E-state index contributed by atoms with van der Waals surface area (Å²) in [6.45, 7) is 0.622. The number of carbonyl (C=O) groups excluding carboxylic acids is 2. The fourth-order valence-electron chi connectivity index (χ4n) is 1.89. The van der Waals surface area contributed by atoms with Crippen LogP contribution in [0.15, 0.2) is 36.7 Å². The molecule has 2 rings (SSSR count). The van der Waals surface area contributed by atoms with Gasteiger partial charge in [-0.05, 0) is 5.56 Å². The van der Waals surface area contributed by atoms with E-state index in [0.29, 0.717) is 12.2 Å². The van der Waals surface area contributed by atoms with Crippen molar-refractivity contribution in [2.75, 3.05) is 0 Å². The third-order valence-corrected chi connectivity index (χ3v) is 2.81. The highest BCUT2D eigenvalue weighted by atomic mass is 16.2. The lowest BCUT2D eigenvalue weighted by atomic mass is 10.2. The Kier molecular flexibility index (Phi) is 3.99. The number of hydrogen-bond donors (Lipinski definition) is 3. The molecule has 7 heteroatoms. The van der Waals surface area contributed by atoms with Crippen molar-refractivity contribution < 1.29 is 9.59 Å². The number of rotatable bonds is 5. The Hall–Kier alpha value is -2.83. The summed E-state index contributed by atoms with van der Waals surface area (Å²) in [6.07, 6.45) is 1.52. The molecule has 2 aromatic rings. The molecular formula is C13H15N5O2. The number of amides is 3. The van der Waals surface area contributed by atoms with Crippen molar-refractivity contribution in [3.05, 3.63) is 53.6 Å². The van der Waals surface area contributed by atoms with E-state index in [4.69, 9.17) is 11.5 Å². The van der Waals surface area contributed by atoms with E-state index in [1.807, 2.05) is 30.3 Å². The maximum atomic E-state index is 11.3. The van der Waals surface area contributed by atoms with Crippen molar-refractivity contribution in [3.8, 4) is 0 Å². The molecule has 0 fully saturated rings. The van der Waals surface area contributed by atoms with Gasteiger partial charge in [0, 0.05) is 6.54 Å². The summed E-state index contributed by atoms with van der Waals surface area (Å²) in [5.41, 5.74) is 12.0. The number of primary amides is 2. The van der Waals surface area contributed by atoms with Gasteiger partial charge in [-0.25, -0.2) is 9.78 Å². The highest BCUT2D eigenvalue weighted by Crippen LogP contribution is 2.10. The van der Waals surface area contributed by atoms with Crippen molar-refractivity contribution in [1.29, 1.82) is 0 Å². The van der Waals surface area contributed by atoms with Crippen LogP contribution in [0.25, 0.3) is 0 Å². The zero-order chi connectivity index (χ0) is 14.5. The number of nitrogens with one attached hydrogen (secondary N) is 1. The number of nitrogens with two attached hydrogens (primary N) is 2. The van der Waals surface area contributed by atoms with E-state index in [1.54, 1.807) is 4.57 Å². The highest BCUT2D eigenvalue weighted by Gasteiger charge is 2.16. The Bertz CT molecular complexity index is 621. The molecule has 3 amide bonds. The SMILES string of the molecule is NC(=O)NCc1c(C(N)=O)ncn1Cc1ccccc1. The second kappa shape index (κ2) is 5.87. The van der Waals surface area contributed by atoms with Crippen LogP contribution in [0.1, 0.15) is 21.7 Å². The molecule has 0 aliphatic heterocycles. The molecule has 0 spiro atoms. The molecular weight excluding hydrogens is 258 g/mol. The van der Waals surface area contributed by atoms with E-state index >= 15 is 0 Å². The number of urea groups is 1. The van der Waals surface area contributed by atoms with E-state index in [-0.39, 0.29) is 12.2 Å². The molecule has 0 aliphatic carbocycles. The molecule has 0 radical (unpaired) electrons. The maximum absolute atomic E-state index is 11.3. The van der Waals surface area contributed by atoms with E-state index in [0.717, 1.165) is 5.56 Å².